The number of furan rings is 1. The molecule has 0 aliphatic carbocycles. The third kappa shape index (κ3) is 2.78. The number of nitrogens with two attached hydrogens (primary N) is 1. The first-order valence-corrected chi connectivity index (χ1v) is 8.43. The van der Waals surface area contributed by atoms with Gasteiger partial charge < -0.3 is 10.2 Å². The van der Waals surface area contributed by atoms with Gasteiger partial charge in [-0.25, -0.2) is 18.1 Å². The molecule has 1 atom stereocenters. The van der Waals surface area contributed by atoms with Crippen molar-refractivity contribution in [1.82, 2.24) is 9.71 Å². The predicted octanol–water partition coefficient (Wildman–Crippen LogP) is 1.85. The maximum absolute atomic E-state index is 12.5. The van der Waals surface area contributed by atoms with Gasteiger partial charge in [-0.2, -0.15) is 0 Å². The van der Waals surface area contributed by atoms with E-state index < -0.39 is 16.1 Å². The number of nitrogens with one attached hydrogen (secondary N) is 1. The molecule has 2 rings (SSSR count). The normalized spacial score (nSPS) is 13.6. The van der Waals surface area contributed by atoms with Crippen LogP contribution in [-0.4, -0.2) is 13.4 Å². The zero-order valence-corrected chi connectivity index (χ0v) is 13.1. The third-order valence-corrected chi connectivity index (χ3v) is 5.65. The molecular weight excluding hydrogens is 298 g/mol. The zero-order valence-electron chi connectivity index (χ0n) is 11.5. The minimum Gasteiger partial charge on any atom is -0.465 e. The fourth-order valence-electron chi connectivity index (χ4n) is 2.09. The minimum absolute atomic E-state index is 0.116. The van der Waals surface area contributed by atoms with E-state index in [1.165, 1.54) is 11.3 Å². The average molecular weight is 315 g/mol. The highest BCUT2D eigenvalue weighted by molar-refractivity contribution is 7.89. The van der Waals surface area contributed by atoms with Crippen LogP contribution < -0.4 is 10.5 Å². The highest BCUT2D eigenvalue weighted by Gasteiger charge is 2.28. The predicted molar refractivity (Wildman–Crippen MR) is 76.9 cm³/mol. The molecule has 2 aromatic heterocycles. The summed E-state index contributed by atoms with van der Waals surface area (Å²) in [7, 11) is -3.70. The van der Waals surface area contributed by atoms with Gasteiger partial charge >= 0.3 is 0 Å². The molecule has 0 radical (unpaired) electrons. The van der Waals surface area contributed by atoms with Crippen molar-refractivity contribution in [3.05, 3.63) is 33.7 Å². The number of aromatic nitrogens is 1. The first kappa shape index (κ1) is 15.2. The van der Waals surface area contributed by atoms with Crippen LogP contribution >= 0.6 is 11.3 Å². The lowest BCUT2D eigenvalue weighted by Crippen LogP contribution is -2.28. The molecule has 0 bridgehead atoms. The molecule has 110 valence electrons. The molecule has 0 amide bonds. The van der Waals surface area contributed by atoms with Crippen LogP contribution in [0.25, 0.3) is 0 Å². The number of rotatable bonds is 5. The molecule has 3 N–H and O–H groups in total. The summed E-state index contributed by atoms with van der Waals surface area (Å²) in [5, 5.41) is 2.51. The van der Waals surface area contributed by atoms with Crippen molar-refractivity contribution in [2.45, 2.75) is 38.3 Å². The van der Waals surface area contributed by atoms with Crippen molar-refractivity contribution in [1.29, 1.82) is 0 Å². The largest absolute Gasteiger partial charge is 0.465 e. The minimum atomic E-state index is -3.70. The lowest BCUT2D eigenvalue weighted by molar-refractivity contribution is 0.493. The van der Waals surface area contributed by atoms with Gasteiger partial charge in [-0.1, -0.05) is 0 Å². The number of sulfonamides is 1. The van der Waals surface area contributed by atoms with E-state index in [0.717, 1.165) is 0 Å². The van der Waals surface area contributed by atoms with E-state index in [1.807, 2.05) is 0 Å². The zero-order chi connectivity index (χ0) is 14.9. The maximum Gasteiger partial charge on any atom is 0.245 e. The molecule has 0 saturated carbocycles. The molecule has 8 heteroatoms. The Hall–Kier alpha value is -1.22. The molecule has 6 nitrogen and oxygen atoms in total. The Morgan fingerprint density at radius 3 is 2.70 bits per heavy atom. The van der Waals surface area contributed by atoms with E-state index in [9.17, 15) is 8.42 Å². The smallest absolute Gasteiger partial charge is 0.245 e. The Balaban J connectivity index is 2.36. The van der Waals surface area contributed by atoms with E-state index in [1.54, 1.807) is 32.3 Å². The summed E-state index contributed by atoms with van der Waals surface area (Å²) in [4.78, 5) is 4.25. The summed E-state index contributed by atoms with van der Waals surface area (Å²) in [6, 6.07) is -0.403. The van der Waals surface area contributed by atoms with E-state index in [2.05, 4.69) is 9.71 Å². The molecule has 0 saturated heterocycles. The summed E-state index contributed by atoms with van der Waals surface area (Å²) in [5.41, 5.74) is 6.14. The average Bonchev–Trinajstić information content (AvgIpc) is 2.95. The van der Waals surface area contributed by atoms with E-state index in [-0.39, 0.29) is 11.4 Å². The van der Waals surface area contributed by atoms with Gasteiger partial charge in [-0.05, 0) is 20.8 Å². The molecule has 1 unspecified atom stereocenters. The van der Waals surface area contributed by atoms with Crippen molar-refractivity contribution in [3.63, 3.8) is 0 Å². The second-order valence-corrected chi connectivity index (χ2v) is 7.02. The third-order valence-electron chi connectivity index (χ3n) is 2.95. The van der Waals surface area contributed by atoms with Crippen LogP contribution in [0.3, 0.4) is 0 Å². The number of nitrogens with zero attached hydrogens (tertiary/aromatic N) is 1. The highest BCUT2D eigenvalue weighted by atomic mass is 32.2. The molecule has 20 heavy (non-hydrogen) atoms. The van der Waals surface area contributed by atoms with E-state index >= 15 is 0 Å². The topological polar surface area (TPSA) is 98.2 Å². The van der Waals surface area contributed by atoms with Crippen LogP contribution in [-0.2, 0) is 16.6 Å². The van der Waals surface area contributed by atoms with Crippen molar-refractivity contribution in [2.75, 3.05) is 0 Å². The molecule has 2 aromatic rings. The van der Waals surface area contributed by atoms with Crippen LogP contribution in [0.2, 0.25) is 0 Å². The van der Waals surface area contributed by atoms with Gasteiger partial charge in [0.1, 0.15) is 21.4 Å². The van der Waals surface area contributed by atoms with Crippen LogP contribution in [0.15, 0.2) is 20.9 Å². The Labute approximate surface area is 122 Å². The van der Waals surface area contributed by atoms with E-state index in [0.29, 0.717) is 22.1 Å². The second-order valence-electron chi connectivity index (χ2n) is 4.44. The SMILES string of the molecule is Cc1oc(C)c(S(=O)(=O)NC(C)c2nccs2)c1CN. The van der Waals surface area contributed by atoms with Gasteiger partial charge in [-0.3, -0.25) is 0 Å². The molecule has 0 aliphatic rings. The van der Waals surface area contributed by atoms with Crippen molar-refractivity contribution < 1.29 is 12.8 Å². The van der Waals surface area contributed by atoms with Crippen LogP contribution in [0.5, 0.6) is 0 Å². The van der Waals surface area contributed by atoms with E-state index in [4.69, 9.17) is 10.2 Å². The second kappa shape index (κ2) is 5.65. The fraction of sp³-hybridized carbons (Fsp3) is 0.417. The van der Waals surface area contributed by atoms with Gasteiger partial charge in [0.2, 0.25) is 10.0 Å². The molecule has 0 aromatic carbocycles. The Morgan fingerprint density at radius 2 is 2.15 bits per heavy atom. The van der Waals surface area contributed by atoms with Crippen LogP contribution in [0, 0.1) is 13.8 Å². The number of hydrogen-bond acceptors (Lipinski definition) is 6. The summed E-state index contributed by atoms with van der Waals surface area (Å²) in [6.07, 6.45) is 1.64. The molecule has 2 heterocycles. The van der Waals surface area contributed by atoms with Gasteiger partial charge in [0.25, 0.3) is 0 Å². The lowest BCUT2D eigenvalue weighted by atomic mass is 10.2. The standard InChI is InChI=1S/C12H17N3O3S2/c1-7(12-14-4-5-19-12)15-20(16,17)11-9(3)18-8(2)10(11)6-13/h4-5,7,15H,6,13H2,1-3H3. The van der Waals surface area contributed by atoms with Gasteiger partial charge in [0.05, 0.1) is 6.04 Å². The van der Waals surface area contributed by atoms with Gasteiger partial charge in [-0.15, -0.1) is 11.3 Å². The van der Waals surface area contributed by atoms with Gasteiger partial charge in [0, 0.05) is 23.7 Å². The summed E-state index contributed by atoms with van der Waals surface area (Å²) >= 11 is 1.40. The number of aryl methyl sites for hydroxylation is 2. The molecule has 0 fully saturated rings. The fourth-order valence-corrected chi connectivity index (χ4v) is 4.48. The van der Waals surface area contributed by atoms with Crippen LogP contribution in [0.1, 0.15) is 35.1 Å². The quantitative estimate of drug-likeness (QED) is 0.877. The van der Waals surface area contributed by atoms with Gasteiger partial charge in [0.15, 0.2) is 0 Å². The monoisotopic (exact) mass is 315 g/mol. The summed E-state index contributed by atoms with van der Waals surface area (Å²) in [6.45, 7) is 5.19. The summed E-state index contributed by atoms with van der Waals surface area (Å²) < 4.78 is 33.0. The Morgan fingerprint density at radius 1 is 1.45 bits per heavy atom. The van der Waals surface area contributed by atoms with Crippen LogP contribution in [0.4, 0.5) is 0 Å². The Kier molecular flexibility index (Phi) is 4.28. The maximum atomic E-state index is 12.5. The molecule has 0 aliphatic heterocycles. The Bertz CT molecular complexity index is 690. The lowest BCUT2D eigenvalue weighted by Gasteiger charge is -2.12. The number of thiazole rings is 1. The first-order chi connectivity index (χ1) is 9.36. The molecule has 0 spiro atoms. The van der Waals surface area contributed by atoms with Crippen molar-refractivity contribution in [2.24, 2.45) is 5.73 Å². The number of hydrogen-bond donors (Lipinski definition) is 2. The molecular formula is C12H17N3O3S2. The summed E-state index contributed by atoms with van der Waals surface area (Å²) in [5.74, 6) is 0.883. The van der Waals surface area contributed by atoms with Crippen molar-refractivity contribution >= 4 is 21.4 Å². The first-order valence-electron chi connectivity index (χ1n) is 6.07. The van der Waals surface area contributed by atoms with Crippen molar-refractivity contribution in [3.8, 4) is 0 Å². The highest BCUT2D eigenvalue weighted by Crippen LogP contribution is 2.27.